The van der Waals surface area contributed by atoms with Crippen LogP contribution in [0.3, 0.4) is 0 Å². The first-order chi connectivity index (χ1) is 9.67. The van der Waals surface area contributed by atoms with Gasteiger partial charge in [0, 0.05) is 29.8 Å². The molecule has 1 aromatic carbocycles. The van der Waals surface area contributed by atoms with Gasteiger partial charge < -0.3 is 15.5 Å². The van der Waals surface area contributed by atoms with Gasteiger partial charge in [-0.2, -0.15) is 0 Å². The number of piperidine rings is 1. The third kappa shape index (κ3) is 4.69. The second kappa shape index (κ2) is 7.50. The van der Waals surface area contributed by atoms with Crippen molar-refractivity contribution in [3.63, 3.8) is 0 Å². The average Bonchev–Trinajstić information content (AvgIpc) is 2.41. The molecule has 2 N–H and O–H groups in total. The van der Waals surface area contributed by atoms with Gasteiger partial charge in [0.05, 0.1) is 0 Å². The molecule has 20 heavy (non-hydrogen) atoms. The summed E-state index contributed by atoms with van der Waals surface area (Å²) in [7, 11) is 0. The van der Waals surface area contributed by atoms with E-state index in [9.17, 15) is 4.79 Å². The fourth-order valence-electron chi connectivity index (χ4n) is 2.54. The van der Waals surface area contributed by atoms with E-state index in [1.54, 1.807) is 12.1 Å². The van der Waals surface area contributed by atoms with Crippen molar-refractivity contribution in [1.82, 2.24) is 10.2 Å². The van der Waals surface area contributed by atoms with Crippen molar-refractivity contribution in [1.29, 1.82) is 0 Å². The molecule has 1 saturated heterocycles. The minimum absolute atomic E-state index is 0.152. The summed E-state index contributed by atoms with van der Waals surface area (Å²) in [6.45, 7) is 5.48. The average molecular weight is 296 g/mol. The zero-order chi connectivity index (χ0) is 14.4. The van der Waals surface area contributed by atoms with Crippen molar-refractivity contribution in [2.45, 2.75) is 32.2 Å². The molecule has 0 aromatic heterocycles. The van der Waals surface area contributed by atoms with Crippen LogP contribution < -0.4 is 10.6 Å². The lowest BCUT2D eigenvalue weighted by molar-refractivity contribution is 0.196. The Bertz CT molecular complexity index is 444. The van der Waals surface area contributed by atoms with Gasteiger partial charge >= 0.3 is 6.03 Å². The van der Waals surface area contributed by atoms with E-state index in [1.165, 1.54) is 6.42 Å². The minimum Gasteiger partial charge on any atom is -0.335 e. The maximum atomic E-state index is 11.9. The number of amides is 2. The number of urea groups is 1. The largest absolute Gasteiger partial charge is 0.335 e. The third-order valence-corrected chi connectivity index (χ3v) is 3.78. The van der Waals surface area contributed by atoms with Crippen LogP contribution in [0, 0.1) is 0 Å². The van der Waals surface area contributed by atoms with Gasteiger partial charge in [-0.15, -0.1) is 0 Å². The summed E-state index contributed by atoms with van der Waals surface area (Å²) in [5.41, 5.74) is 0.721. The Morgan fingerprint density at radius 2 is 2.15 bits per heavy atom. The van der Waals surface area contributed by atoms with Gasteiger partial charge in [-0.1, -0.05) is 24.6 Å². The second-order valence-electron chi connectivity index (χ2n) is 5.22. The first-order valence-corrected chi connectivity index (χ1v) is 7.60. The van der Waals surface area contributed by atoms with E-state index in [0.29, 0.717) is 5.02 Å². The number of rotatable bonds is 4. The highest BCUT2D eigenvalue weighted by Gasteiger charge is 2.19. The topological polar surface area (TPSA) is 44.4 Å². The van der Waals surface area contributed by atoms with E-state index in [1.807, 2.05) is 12.1 Å². The standard InChI is InChI=1S/C15H22ClN3O/c1-2-8-19-9-6-13(7-10-19)17-15(20)18-14-5-3-4-12(16)11-14/h3-5,11,13H,2,6-10H2,1H3,(H2,17,18,20). The maximum absolute atomic E-state index is 11.9. The number of halogens is 1. The zero-order valence-corrected chi connectivity index (χ0v) is 12.6. The van der Waals surface area contributed by atoms with Crippen molar-refractivity contribution in [3.05, 3.63) is 29.3 Å². The minimum atomic E-state index is -0.152. The zero-order valence-electron chi connectivity index (χ0n) is 11.9. The van der Waals surface area contributed by atoms with Gasteiger partial charge in [-0.05, 0) is 44.0 Å². The monoisotopic (exact) mass is 295 g/mol. The molecule has 4 nitrogen and oxygen atoms in total. The Morgan fingerprint density at radius 1 is 1.40 bits per heavy atom. The van der Waals surface area contributed by atoms with Crippen molar-refractivity contribution < 1.29 is 4.79 Å². The fourth-order valence-corrected chi connectivity index (χ4v) is 2.73. The number of hydrogen-bond acceptors (Lipinski definition) is 2. The van der Waals surface area contributed by atoms with Crippen LogP contribution in [0.1, 0.15) is 26.2 Å². The van der Waals surface area contributed by atoms with E-state index in [-0.39, 0.29) is 12.1 Å². The van der Waals surface area contributed by atoms with Gasteiger partial charge in [-0.25, -0.2) is 4.79 Å². The second-order valence-corrected chi connectivity index (χ2v) is 5.66. The number of hydrogen-bond donors (Lipinski definition) is 2. The van der Waals surface area contributed by atoms with Crippen LogP contribution >= 0.6 is 11.6 Å². The number of nitrogens with one attached hydrogen (secondary N) is 2. The number of nitrogens with zero attached hydrogens (tertiary/aromatic N) is 1. The number of benzene rings is 1. The lowest BCUT2D eigenvalue weighted by Crippen LogP contribution is -2.46. The molecule has 2 amide bonds. The van der Waals surface area contributed by atoms with Crippen LogP contribution in [0.5, 0.6) is 0 Å². The molecule has 0 unspecified atom stereocenters. The molecule has 1 aliphatic heterocycles. The molecule has 0 bridgehead atoms. The molecular weight excluding hydrogens is 274 g/mol. The van der Waals surface area contributed by atoms with Gasteiger partial charge in [0.25, 0.3) is 0 Å². The predicted octanol–water partition coefficient (Wildman–Crippen LogP) is 3.34. The first kappa shape index (κ1) is 15.1. The Morgan fingerprint density at radius 3 is 2.80 bits per heavy atom. The highest BCUT2D eigenvalue weighted by atomic mass is 35.5. The molecule has 1 aliphatic rings. The van der Waals surface area contributed by atoms with Crippen LogP contribution in [0.4, 0.5) is 10.5 Å². The maximum Gasteiger partial charge on any atom is 0.319 e. The van der Waals surface area contributed by atoms with Crippen molar-refractivity contribution in [2.75, 3.05) is 25.0 Å². The Kier molecular flexibility index (Phi) is 5.68. The molecule has 1 heterocycles. The molecular formula is C15H22ClN3O. The van der Waals surface area contributed by atoms with E-state index in [4.69, 9.17) is 11.6 Å². The van der Waals surface area contributed by atoms with Crippen molar-refractivity contribution >= 4 is 23.3 Å². The summed E-state index contributed by atoms with van der Waals surface area (Å²) >= 11 is 5.89. The predicted molar refractivity (Wildman–Crippen MR) is 83.4 cm³/mol. The molecule has 0 radical (unpaired) electrons. The van der Waals surface area contributed by atoms with Gasteiger partial charge in [0.2, 0.25) is 0 Å². The Labute approximate surface area is 125 Å². The Balaban J connectivity index is 1.75. The smallest absolute Gasteiger partial charge is 0.319 e. The van der Waals surface area contributed by atoms with Crippen LogP contribution in [-0.2, 0) is 0 Å². The SMILES string of the molecule is CCCN1CCC(NC(=O)Nc2cccc(Cl)c2)CC1. The normalized spacial score (nSPS) is 16.9. The van der Waals surface area contributed by atoms with Crippen molar-refractivity contribution in [2.24, 2.45) is 0 Å². The molecule has 1 fully saturated rings. The van der Waals surface area contributed by atoms with Crippen LogP contribution in [0.25, 0.3) is 0 Å². The van der Waals surface area contributed by atoms with Crippen LogP contribution in [0.15, 0.2) is 24.3 Å². The molecule has 2 rings (SSSR count). The lowest BCUT2D eigenvalue weighted by Gasteiger charge is -2.32. The van der Waals surface area contributed by atoms with E-state index >= 15 is 0 Å². The number of carbonyl (C=O) groups is 1. The fraction of sp³-hybridized carbons (Fsp3) is 0.533. The van der Waals surface area contributed by atoms with Crippen molar-refractivity contribution in [3.8, 4) is 0 Å². The molecule has 1 aromatic rings. The molecule has 0 atom stereocenters. The Hall–Kier alpha value is -1.26. The molecule has 0 aliphatic carbocycles. The quantitative estimate of drug-likeness (QED) is 0.895. The van der Waals surface area contributed by atoms with Gasteiger partial charge in [-0.3, -0.25) is 0 Å². The van der Waals surface area contributed by atoms with E-state index in [2.05, 4.69) is 22.5 Å². The molecule has 0 saturated carbocycles. The molecule has 5 heteroatoms. The summed E-state index contributed by atoms with van der Waals surface area (Å²) in [6, 6.07) is 7.29. The highest BCUT2D eigenvalue weighted by molar-refractivity contribution is 6.30. The van der Waals surface area contributed by atoms with E-state index in [0.717, 1.165) is 38.2 Å². The first-order valence-electron chi connectivity index (χ1n) is 7.23. The highest BCUT2D eigenvalue weighted by Crippen LogP contribution is 2.15. The summed E-state index contributed by atoms with van der Waals surface area (Å²) in [5, 5.41) is 6.47. The number of anilines is 1. The summed E-state index contributed by atoms with van der Waals surface area (Å²) in [5.74, 6) is 0. The van der Waals surface area contributed by atoms with Crippen LogP contribution in [-0.4, -0.2) is 36.6 Å². The van der Waals surface area contributed by atoms with Gasteiger partial charge in [0.15, 0.2) is 0 Å². The summed E-state index contributed by atoms with van der Waals surface area (Å²) in [6.07, 6.45) is 3.22. The van der Waals surface area contributed by atoms with Crippen LogP contribution in [0.2, 0.25) is 5.02 Å². The molecule has 0 spiro atoms. The number of likely N-dealkylation sites (tertiary alicyclic amines) is 1. The number of carbonyl (C=O) groups excluding carboxylic acids is 1. The summed E-state index contributed by atoms with van der Waals surface area (Å²) < 4.78 is 0. The lowest BCUT2D eigenvalue weighted by atomic mass is 10.1. The summed E-state index contributed by atoms with van der Waals surface area (Å²) in [4.78, 5) is 14.4. The van der Waals surface area contributed by atoms with Gasteiger partial charge in [0.1, 0.15) is 0 Å². The molecule has 110 valence electrons. The third-order valence-electron chi connectivity index (χ3n) is 3.55. The van der Waals surface area contributed by atoms with E-state index < -0.39 is 0 Å².